The number of aromatic nitrogens is 1. The predicted molar refractivity (Wildman–Crippen MR) is 86.0 cm³/mol. The molecule has 4 heteroatoms. The molecule has 3 rings (SSSR count). The Labute approximate surface area is 132 Å². The van der Waals surface area contributed by atoms with Gasteiger partial charge < -0.3 is 0 Å². The third-order valence-corrected chi connectivity index (χ3v) is 4.04. The molecule has 0 radical (unpaired) electrons. The summed E-state index contributed by atoms with van der Waals surface area (Å²) in [6.45, 7) is 2.05. The minimum Gasteiger partial charge on any atom is -0.288 e. The zero-order chi connectivity index (χ0) is 15.7. The number of aryl methyl sites for hydroxylation is 1. The van der Waals surface area contributed by atoms with E-state index in [-0.39, 0.29) is 16.4 Å². The van der Waals surface area contributed by atoms with E-state index in [1.807, 2.05) is 12.1 Å². The number of hydrogen-bond donors (Lipinski definition) is 0. The maximum atomic E-state index is 13.4. The molecule has 0 spiro atoms. The number of carbonyl (C=O) groups is 1. The Morgan fingerprint density at radius 3 is 2.59 bits per heavy atom. The Balaban J connectivity index is 2.08. The number of halogens is 2. The van der Waals surface area contributed by atoms with Crippen LogP contribution in [0.2, 0.25) is 5.02 Å². The summed E-state index contributed by atoms with van der Waals surface area (Å²) in [6.07, 6.45) is 2.35. The Hall–Kier alpha value is -2.26. The van der Waals surface area contributed by atoms with Crippen molar-refractivity contribution in [1.29, 1.82) is 0 Å². The summed E-state index contributed by atoms with van der Waals surface area (Å²) in [5.41, 5.74) is 2.53. The van der Waals surface area contributed by atoms with E-state index in [9.17, 15) is 9.18 Å². The largest absolute Gasteiger partial charge is 0.288 e. The van der Waals surface area contributed by atoms with Gasteiger partial charge in [-0.05, 0) is 30.2 Å². The Morgan fingerprint density at radius 1 is 1.18 bits per heavy atom. The number of carbonyl (C=O) groups excluding carboxylic acids is 1. The summed E-state index contributed by atoms with van der Waals surface area (Å²) in [5.74, 6) is -0.626. The highest BCUT2D eigenvalue weighted by Crippen LogP contribution is 2.28. The second-order valence-electron chi connectivity index (χ2n) is 5.03. The van der Waals surface area contributed by atoms with Crippen LogP contribution in [-0.4, -0.2) is 10.8 Å². The molecule has 110 valence electrons. The fourth-order valence-corrected chi connectivity index (χ4v) is 2.62. The van der Waals surface area contributed by atoms with Crippen LogP contribution in [0, 0.1) is 5.82 Å². The molecule has 0 bridgehead atoms. The first-order valence-electron chi connectivity index (χ1n) is 6.97. The molecule has 0 amide bonds. The molecule has 1 heterocycles. The van der Waals surface area contributed by atoms with Crippen molar-refractivity contribution in [3.8, 4) is 0 Å². The monoisotopic (exact) mass is 313 g/mol. The molecule has 3 aromatic rings. The SMILES string of the molecule is CCc1ccc(C(=O)c2cnc3ccc(F)cc3c2Cl)cc1. The summed E-state index contributed by atoms with van der Waals surface area (Å²) >= 11 is 6.29. The van der Waals surface area contributed by atoms with Gasteiger partial charge in [-0.15, -0.1) is 0 Å². The Bertz CT molecular complexity index is 859. The van der Waals surface area contributed by atoms with E-state index in [1.54, 1.807) is 18.2 Å². The van der Waals surface area contributed by atoms with Gasteiger partial charge in [0, 0.05) is 17.1 Å². The highest BCUT2D eigenvalue weighted by Gasteiger charge is 2.16. The summed E-state index contributed by atoms with van der Waals surface area (Å²) in [7, 11) is 0. The van der Waals surface area contributed by atoms with Gasteiger partial charge in [-0.2, -0.15) is 0 Å². The van der Waals surface area contributed by atoms with Gasteiger partial charge in [0.2, 0.25) is 0 Å². The van der Waals surface area contributed by atoms with Crippen molar-refractivity contribution in [2.45, 2.75) is 13.3 Å². The molecule has 0 saturated heterocycles. The minimum absolute atomic E-state index is 0.216. The molecule has 2 aromatic carbocycles. The zero-order valence-electron chi connectivity index (χ0n) is 11.9. The van der Waals surface area contributed by atoms with Crippen LogP contribution in [-0.2, 0) is 6.42 Å². The lowest BCUT2D eigenvalue weighted by Gasteiger charge is -2.07. The first-order chi connectivity index (χ1) is 10.6. The summed E-state index contributed by atoms with van der Waals surface area (Å²) in [4.78, 5) is 16.8. The molecule has 1 aromatic heterocycles. The number of fused-ring (bicyclic) bond motifs is 1. The van der Waals surface area contributed by atoms with Gasteiger partial charge in [0.15, 0.2) is 5.78 Å². The molecule has 0 aliphatic heterocycles. The lowest BCUT2D eigenvalue weighted by molar-refractivity contribution is 0.103. The highest BCUT2D eigenvalue weighted by atomic mass is 35.5. The average molecular weight is 314 g/mol. The van der Waals surface area contributed by atoms with Gasteiger partial charge in [-0.3, -0.25) is 9.78 Å². The number of hydrogen-bond acceptors (Lipinski definition) is 2. The van der Waals surface area contributed by atoms with Gasteiger partial charge in [-0.1, -0.05) is 42.8 Å². The van der Waals surface area contributed by atoms with Crippen LogP contribution < -0.4 is 0 Å². The van der Waals surface area contributed by atoms with Crippen molar-refractivity contribution in [2.24, 2.45) is 0 Å². The fourth-order valence-electron chi connectivity index (χ4n) is 2.34. The van der Waals surface area contributed by atoms with Crippen LogP contribution in [0.4, 0.5) is 4.39 Å². The van der Waals surface area contributed by atoms with Crippen LogP contribution in [0.3, 0.4) is 0 Å². The van der Waals surface area contributed by atoms with Crippen LogP contribution in [0.15, 0.2) is 48.7 Å². The Kier molecular flexibility index (Phi) is 3.90. The number of pyridine rings is 1. The molecular formula is C18H13ClFNO. The fraction of sp³-hybridized carbons (Fsp3) is 0.111. The third-order valence-electron chi connectivity index (χ3n) is 3.63. The maximum absolute atomic E-state index is 13.4. The standard InChI is InChI=1S/C18H13ClFNO/c1-2-11-3-5-12(6-4-11)18(22)15-10-21-16-8-7-13(20)9-14(16)17(15)19/h3-10H,2H2,1H3. The maximum Gasteiger partial charge on any atom is 0.196 e. The summed E-state index contributed by atoms with van der Waals surface area (Å²) in [5, 5.41) is 0.673. The number of benzene rings is 2. The molecule has 0 N–H and O–H groups in total. The highest BCUT2D eigenvalue weighted by molar-refractivity contribution is 6.39. The smallest absolute Gasteiger partial charge is 0.196 e. The van der Waals surface area contributed by atoms with Gasteiger partial charge in [0.05, 0.1) is 16.1 Å². The van der Waals surface area contributed by atoms with E-state index in [2.05, 4.69) is 11.9 Å². The van der Waals surface area contributed by atoms with Gasteiger partial charge in [0.1, 0.15) is 5.82 Å². The van der Waals surface area contributed by atoms with E-state index in [0.29, 0.717) is 16.5 Å². The topological polar surface area (TPSA) is 30.0 Å². The molecule has 0 fully saturated rings. The van der Waals surface area contributed by atoms with Crippen LogP contribution in [0.5, 0.6) is 0 Å². The molecule has 0 saturated carbocycles. The van der Waals surface area contributed by atoms with E-state index in [4.69, 9.17) is 11.6 Å². The van der Waals surface area contributed by atoms with Crippen LogP contribution in [0.25, 0.3) is 10.9 Å². The second kappa shape index (κ2) is 5.85. The molecule has 0 aliphatic rings. The van der Waals surface area contributed by atoms with Gasteiger partial charge >= 0.3 is 0 Å². The van der Waals surface area contributed by atoms with E-state index in [0.717, 1.165) is 12.0 Å². The molecule has 0 unspecified atom stereocenters. The predicted octanol–water partition coefficient (Wildman–Crippen LogP) is 4.82. The first kappa shape index (κ1) is 14.7. The molecule has 0 aliphatic carbocycles. The van der Waals surface area contributed by atoms with Gasteiger partial charge in [0.25, 0.3) is 0 Å². The van der Waals surface area contributed by atoms with Crippen molar-refractivity contribution in [3.63, 3.8) is 0 Å². The van der Waals surface area contributed by atoms with Crippen molar-refractivity contribution in [2.75, 3.05) is 0 Å². The molecule has 2 nitrogen and oxygen atoms in total. The summed E-state index contributed by atoms with van der Waals surface area (Å²) in [6, 6.07) is 11.5. The lowest BCUT2D eigenvalue weighted by Crippen LogP contribution is -2.03. The minimum atomic E-state index is -0.409. The molecular weight excluding hydrogens is 301 g/mol. The lowest BCUT2D eigenvalue weighted by atomic mass is 10.0. The van der Waals surface area contributed by atoms with E-state index < -0.39 is 5.82 Å². The number of rotatable bonds is 3. The number of ketones is 1. The van der Waals surface area contributed by atoms with E-state index in [1.165, 1.54) is 18.3 Å². The normalized spacial score (nSPS) is 10.9. The average Bonchev–Trinajstić information content (AvgIpc) is 2.55. The van der Waals surface area contributed by atoms with Crippen molar-refractivity contribution < 1.29 is 9.18 Å². The molecule has 22 heavy (non-hydrogen) atoms. The van der Waals surface area contributed by atoms with Crippen LogP contribution >= 0.6 is 11.6 Å². The quantitative estimate of drug-likeness (QED) is 0.649. The first-order valence-corrected chi connectivity index (χ1v) is 7.35. The second-order valence-corrected chi connectivity index (χ2v) is 5.40. The third kappa shape index (κ3) is 2.60. The van der Waals surface area contributed by atoms with Crippen molar-refractivity contribution >= 4 is 28.3 Å². The molecule has 0 atom stereocenters. The van der Waals surface area contributed by atoms with Crippen LogP contribution in [0.1, 0.15) is 28.4 Å². The Morgan fingerprint density at radius 2 is 1.91 bits per heavy atom. The summed E-state index contributed by atoms with van der Waals surface area (Å²) < 4.78 is 13.4. The van der Waals surface area contributed by atoms with Crippen molar-refractivity contribution in [1.82, 2.24) is 4.98 Å². The van der Waals surface area contributed by atoms with Crippen molar-refractivity contribution in [3.05, 3.63) is 76.2 Å². The number of nitrogens with zero attached hydrogens (tertiary/aromatic N) is 1. The van der Waals surface area contributed by atoms with E-state index >= 15 is 0 Å². The van der Waals surface area contributed by atoms with Gasteiger partial charge in [-0.25, -0.2) is 4.39 Å². The zero-order valence-corrected chi connectivity index (χ0v) is 12.7.